The highest BCUT2D eigenvalue weighted by Crippen LogP contribution is 2.41. The van der Waals surface area contributed by atoms with Crippen molar-refractivity contribution in [1.29, 1.82) is 0 Å². The second-order valence-electron chi connectivity index (χ2n) is 8.39. The molecular formula is C25H29N5O9S. The van der Waals surface area contributed by atoms with E-state index in [-0.39, 0.29) is 55.2 Å². The summed E-state index contributed by atoms with van der Waals surface area (Å²) in [5.74, 6) is 0.686. The number of methoxy groups -OCH3 is 3. The molecule has 14 nitrogen and oxygen atoms in total. The maximum atomic E-state index is 13.1. The lowest BCUT2D eigenvalue weighted by Crippen LogP contribution is -2.50. The maximum Gasteiger partial charge on any atom is 0.409 e. The van der Waals surface area contributed by atoms with Crippen molar-refractivity contribution in [3.63, 3.8) is 0 Å². The number of rotatable bonds is 9. The maximum absolute atomic E-state index is 13.1. The zero-order valence-electron chi connectivity index (χ0n) is 22.4. The van der Waals surface area contributed by atoms with Gasteiger partial charge in [-0.3, -0.25) is 10.1 Å². The van der Waals surface area contributed by atoms with E-state index in [9.17, 15) is 18.0 Å². The molecule has 2 amide bonds. The first-order chi connectivity index (χ1) is 19.2. The third-order valence-electron chi connectivity index (χ3n) is 6.08. The van der Waals surface area contributed by atoms with Gasteiger partial charge >= 0.3 is 12.1 Å². The van der Waals surface area contributed by atoms with Gasteiger partial charge in [0, 0.05) is 37.3 Å². The van der Waals surface area contributed by atoms with Crippen molar-refractivity contribution in [2.75, 3.05) is 59.4 Å². The SMILES string of the molecule is CCOC(=O)N1CCN(S(=O)(=O)c2ccc(C(=O)Nc3nnc(-c4cc(OC)c(OC)c(OC)c4)o3)cc2)CC1. The number of carbonyl (C=O) groups excluding carboxylic acids is 2. The molecule has 0 aliphatic carbocycles. The van der Waals surface area contributed by atoms with E-state index < -0.39 is 22.0 Å². The van der Waals surface area contributed by atoms with Gasteiger partial charge in [-0.25, -0.2) is 13.2 Å². The lowest BCUT2D eigenvalue weighted by molar-refractivity contribution is 0.0933. The third kappa shape index (κ3) is 5.94. The molecule has 0 unspecified atom stereocenters. The topological polar surface area (TPSA) is 163 Å². The minimum absolute atomic E-state index is 0.0242. The molecule has 3 aromatic rings. The summed E-state index contributed by atoms with van der Waals surface area (Å²) >= 11 is 0. The van der Waals surface area contributed by atoms with Crippen LogP contribution in [0.2, 0.25) is 0 Å². The van der Waals surface area contributed by atoms with E-state index in [0.29, 0.717) is 22.8 Å². The van der Waals surface area contributed by atoms with Crippen LogP contribution >= 0.6 is 0 Å². The zero-order chi connectivity index (χ0) is 28.9. The second-order valence-corrected chi connectivity index (χ2v) is 10.3. The number of nitrogens with one attached hydrogen (secondary N) is 1. The van der Waals surface area contributed by atoms with Crippen LogP contribution in [-0.2, 0) is 14.8 Å². The molecule has 2 heterocycles. The summed E-state index contributed by atoms with van der Waals surface area (Å²) in [6, 6.07) is 8.53. The Balaban J connectivity index is 1.42. The summed E-state index contributed by atoms with van der Waals surface area (Å²) in [4.78, 5) is 26.1. The lowest BCUT2D eigenvalue weighted by atomic mass is 10.2. The van der Waals surface area contributed by atoms with E-state index in [2.05, 4.69) is 15.5 Å². The highest BCUT2D eigenvalue weighted by atomic mass is 32.2. The summed E-state index contributed by atoms with van der Waals surface area (Å²) in [7, 11) is 0.618. The van der Waals surface area contributed by atoms with Crippen LogP contribution < -0.4 is 19.5 Å². The number of aromatic nitrogens is 2. The fraction of sp³-hybridized carbons (Fsp3) is 0.360. The molecule has 0 atom stereocenters. The average molecular weight is 576 g/mol. The van der Waals surface area contributed by atoms with Crippen molar-refractivity contribution in [3.8, 4) is 28.7 Å². The second kappa shape index (κ2) is 12.2. The summed E-state index contributed by atoms with van der Waals surface area (Å²) in [6.45, 7) is 2.67. The van der Waals surface area contributed by atoms with Crippen LogP contribution in [0.3, 0.4) is 0 Å². The van der Waals surface area contributed by atoms with Crippen LogP contribution in [-0.4, -0.2) is 93.9 Å². The fourth-order valence-corrected chi connectivity index (χ4v) is 5.44. The molecule has 15 heteroatoms. The van der Waals surface area contributed by atoms with Crippen LogP contribution in [0.25, 0.3) is 11.5 Å². The molecular weight excluding hydrogens is 546 g/mol. The Morgan fingerprint density at radius 3 is 2.12 bits per heavy atom. The Kier molecular flexibility index (Phi) is 8.74. The Morgan fingerprint density at radius 1 is 0.950 bits per heavy atom. The van der Waals surface area contributed by atoms with Crippen molar-refractivity contribution < 1.29 is 41.4 Å². The summed E-state index contributed by atoms with van der Waals surface area (Å²) in [5.41, 5.74) is 0.652. The number of carbonyl (C=O) groups is 2. The number of benzene rings is 2. The molecule has 40 heavy (non-hydrogen) atoms. The summed E-state index contributed by atoms with van der Waals surface area (Å²) < 4.78 is 53.9. The fourth-order valence-electron chi connectivity index (χ4n) is 4.02. The number of ether oxygens (including phenoxy) is 4. The molecule has 214 valence electrons. The van der Waals surface area contributed by atoms with Gasteiger partial charge in [0.05, 0.1) is 32.8 Å². The highest BCUT2D eigenvalue weighted by Gasteiger charge is 2.30. The smallest absolute Gasteiger partial charge is 0.409 e. The van der Waals surface area contributed by atoms with Gasteiger partial charge in [0.1, 0.15) is 0 Å². The van der Waals surface area contributed by atoms with Gasteiger partial charge in [-0.1, -0.05) is 5.10 Å². The van der Waals surface area contributed by atoms with E-state index in [4.69, 9.17) is 23.4 Å². The van der Waals surface area contributed by atoms with Crippen LogP contribution in [0.5, 0.6) is 17.2 Å². The van der Waals surface area contributed by atoms with Gasteiger partial charge in [-0.2, -0.15) is 4.31 Å². The number of hydrogen-bond donors (Lipinski definition) is 1. The molecule has 0 saturated carbocycles. The van der Waals surface area contributed by atoms with E-state index in [1.165, 1.54) is 54.8 Å². The highest BCUT2D eigenvalue weighted by molar-refractivity contribution is 7.89. The molecule has 1 N–H and O–H groups in total. The third-order valence-corrected chi connectivity index (χ3v) is 7.99. The van der Waals surface area contributed by atoms with E-state index in [0.717, 1.165) is 0 Å². The first-order valence-corrected chi connectivity index (χ1v) is 13.6. The Hall–Kier alpha value is -4.37. The molecule has 1 saturated heterocycles. The Labute approximate surface area is 230 Å². The van der Waals surface area contributed by atoms with Crippen LogP contribution in [0.1, 0.15) is 17.3 Å². The van der Waals surface area contributed by atoms with E-state index in [1.807, 2.05) is 0 Å². The Morgan fingerprint density at radius 2 is 1.57 bits per heavy atom. The van der Waals surface area contributed by atoms with Gasteiger partial charge in [0.15, 0.2) is 11.5 Å². The zero-order valence-corrected chi connectivity index (χ0v) is 23.2. The van der Waals surface area contributed by atoms with Gasteiger partial charge in [-0.05, 0) is 43.3 Å². The number of amides is 2. The van der Waals surface area contributed by atoms with Crippen molar-refractivity contribution in [3.05, 3.63) is 42.0 Å². The van der Waals surface area contributed by atoms with E-state index in [1.54, 1.807) is 19.1 Å². The molecule has 1 aromatic heterocycles. The number of anilines is 1. The van der Waals surface area contributed by atoms with Crippen LogP contribution in [0.4, 0.5) is 10.8 Å². The predicted octanol–water partition coefficient (Wildman–Crippen LogP) is 2.48. The minimum atomic E-state index is -3.82. The van der Waals surface area contributed by atoms with E-state index >= 15 is 0 Å². The number of sulfonamides is 1. The number of piperazine rings is 1. The van der Waals surface area contributed by atoms with Gasteiger partial charge in [-0.15, -0.1) is 5.10 Å². The largest absolute Gasteiger partial charge is 0.493 e. The number of nitrogens with zero attached hydrogens (tertiary/aromatic N) is 4. The first-order valence-electron chi connectivity index (χ1n) is 12.2. The van der Waals surface area contributed by atoms with Crippen molar-refractivity contribution in [2.24, 2.45) is 0 Å². The average Bonchev–Trinajstić information content (AvgIpc) is 3.45. The van der Waals surface area contributed by atoms with Crippen LogP contribution in [0.15, 0.2) is 45.7 Å². The molecule has 1 aliphatic rings. The van der Waals surface area contributed by atoms with Crippen molar-refractivity contribution in [2.45, 2.75) is 11.8 Å². The molecule has 2 aromatic carbocycles. The first kappa shape index (κ1) is 28.6. The molecule has 0 bridgehead atoms. The monoisotopic (exact) mass is 575 g/mol. The number of hydrogen-bond acceptors (Lipinski definition) is 11. The molecule has 0 spiro atoms. The molecule has 1 fully saturated rings. The van der Waals surface area contributed by atoms with Gasteiger partial charge in [0.25, 0.3) is 5.91 Å². The summed E-state index contributed by atoms with van der Waals surface area (Å²) in [5, 5.41) is 10.3. The van der Waals surface area contributed by atoms with Crippen LogP contribution in [0, 0.1) is 0 Å². The normalized spacial score (nSPS) is 13.9. The quantitative estimate of drug-likeness (QED) is 0.399. The summed E-state index contributed by atoms with van der Waals surface area (Å²) in [6.07, 6.45) is -0.466. The standard InChI is InChI=1S/C25H29N5O9S/c1-5-38-25(32)29-10-12-30(13-11-29)40(33,34)18-8-6-16(7-9-18)22(31)26-24-28-27-23(39-24)17-14-19(35-2)21(37-4)20(15-17)36-3/h6-9,14-15H,5,10-13H2,1-4H3,(H,26,28,31). The molecule has 0 radical (unpaired) electrons. The minimum Gasteiger partial charge on any atom is -0.493 e. The predicted molar refractivity (Wildman–Crippen MR) is 141 cm³/mol. The van der Waals surface area contributed by atoms with Crippen molar-refractivity contribution >= 4 is 28.0 Å². The van der Waals surface area contributed by atoms with Gasteiger partial charge in [0.2, 0.25) is 21.7 Å². The molecule has 4 rings (SSSR count). The Bertz CT molecular complexity index is 1440. The molecule has 1 aliphatic heterocycles. The lowest BCUT2D eigenvalue weighted by Gasteiger charge is -2.33. The van der Waals surface area contributed by atoms with Crippen molar-refractivity contribution in [1.82, 2.24) is 19.4 Å². The van der Waals surface area contributed by atoms with Gasteiger partial charge < -0.3 is 28.3 Å².